The minimum atomic E-state index is -1.02. The van der Waals surface area contributed by atoms with Gasteiger partial charge in [0.1, 0.15) is 17.8 Å². The van der Waals surface area contributed by atoms with E-state index in [1.165, 1.54) is 18.5 Å². The molecule has 2 aromatic heterocycles. The number of ketones is 1. The minimum absolute atomic E-state index is 0. The molecular weight excluding hydrogens is 351 g/mol. The van der Waals surface area contributed by atoms with Gasteiger partial charge in [-0.2, -0.15) is 0 Å². The van der Waals surface area contributed by atoms with E-state index in [9.17, 15) is 9.59 Å². The van der Waals surface area contributed by atoms with Gasteiger partial charge in [-0.05, 0) is 18.2 Å². The van der Waals surface area contributed by atoms with E-state index in [2.05, 4.69) is 20.3 Å². The second-order valence-electron chi connectivity index (χ2n) is 5.85. The fourth-order valence-electron chi connectivity index (χ4n) is 2.85. The number of nitrogens with one attached hydrogen (secondary N) is 2. The smallest absolute Gasteiger partial charge is 1.00 e. The van der Waals surface area contributed by atoms with Crippen molar-refractivity contribution in [3.05, 3.63) is 83.8 Å². The summed E-state index contributed by atoms with van der Waals surface area (Å²) in [5.41, 5.74) is 2.21. The van der Waals surface area contributed by atoms with Crippen molar-refractivity contribution in [1.29, 1.82) is 0 Å². The van der Waals surface area contributed by atoms with Gasteiger partial charge in [-0.1, -0.05) is 36.4 Å². The van der Waals surface area contributed by atoms with Gasteiger partial charge in [0.2, 0.25) is 0 Å². The Labute approximate surface area is 173 Å². The number of aromatic amines is 1. The number of aromatic nitrogens is 3. The number of H-pyrrole nitrogens is 1. The normalized spacial score (nSPS) is 10.3. The average Bonchev–Trinajstić information content (AvgIpc) is 3.13. The van der Waals surface area contributed by atoms with Crippen LogP contribution in [-0.2, 0) is 0 Å². The fraction of sp³-hybridized carbons (Fsp3) is 0. The van der Waals surface area contributed by atoms with E-state index in [0.717, 1.165) is 0 Å². The maximum absolute atomic E-state index is 12.9. The number of rotatable bonds is 5. The molecule has 3 N–H and O–H groups in total. The van der Waals surface area contributed by atoms with Gasteiger partial charge >= 0.3 is 24.8 Å². The quantitative estimate of drug-likeness (QED) is 0.355. The van der Waals surface area contributed by atoms with Crippen molar-refractivity contribution in [2.75, 3.05) is 5.32 Å². The summed E-state index contributed by atoms with van der Waals surface area (Å²) in [6, 6.07) is 15.3. The van der Waals surface area contributed by atoms with Crippen molar-refractivity contribution in [2.45, 2.75) is 0 Å². The van der Waals surface area contributed by atoms with E-state index in [1.54, 1.807) is 42.6 Å². The standard InChI is InChI=1S/C20H14N4O3.Li.H/c25-17(12-5-2-1-3-6-12)15-10-21-18-16(15)19(23-11-22-18)24-14-8-4-7-13(9-14)20(26)27;;/h1-11H,(H,26,27)(H2,21,22,23,24);;/q;+1;-1. The summed E-state index contributed by atoms with van der Waals surface area (Å²) >= 11 is 0. The van der Waals surface area contributed by atoms with Crippen molar-refractivity contribution in [3.63, 3.8) is 0 Å². The molecule has 8 heteroatoms. The Morgan fingerprint density at radius 3 is 2.50 bits per heavy atom. The van der Waals surface area contributed by atoms with Gasteiger partial charge in [0.15, 0.2) is 5.78 Å². The Morgan fingerprint density at radius 1 is 1.00 bits per heavy atom. The average molecular weight is 366 g/mol. The maximum atomic E-state index is 12.9. The van der Waals surface area contributed by atoms with Crippen LogP contribution in [0.25, 0.3) is 11.0 Å². The molecule has 0 saturated heterocycles. The number of hydrogen-bond donors (Lipinski definition) is 3. The molecule has 0 aliphatic rings. The Hall–Kier alpha value is -3.40. The number of carboxylic acids is 1. The van der Waals surface area contributed by atoms with Crippen LogP contribution in [0.4, 0.5) is 11.5 Å². The Kier molecular flexibility index (Phi) is 5.59. The number of fused-ring (bicyclic) bond motifs is 1. The van der Waals surface area contributed by atoms with E-state index in [0.29, 0.717) is 33.7 Å². The zero-order valence-corrected chi connectivity index (χ0v) is 15.0. The summed E-state index contributed by atoms with van der Waals surface area (Å²) in [6.07, 6.45) is 2.98. The molecule has 0 radical (unpaired) electrons. The molecule has 2 aromatic carbocycles. The molecule has 0 fully saturated rings. The van der Waals surface area contributed by atoms with Gasteiger partial charge in [-0.3, -0.25) is 4.79 Å². The molecule has 0 amide bonds. The number of anilines is 2. The second kappa shape index (κ2) is 8.09. The van der Waals surface area contributed by atoms with E-state index in [1.807, 2.05) is 6.07 Å². The molecule has 2 heterocycles. The van der Waals surface area contributed by atoms with Gasteiger partial charge in [0.25, 0.3) is 0 Å². The van der Waals surface area contributed by atoms with Gasteiger partial charge in [-0.15, -0.1) is 0 Å². The molecule has 0 atom stereocenters. The van der Waals surface area contributed by atoms with Crippen molar-refractivity contribution in [2.24, 2.45) is 0 Å². The molecule has 0 aliphatic heterocycles. The number of hydrogen-bond acceptors (Lipinski definition) is 5. The summed E-state index contributed by atoms with van der Waals surface area (Å²) in [6.45, 7) is 0. The molecular formula is C20H15LiN4O3. The van der Waals surface area contributed by atoms with Crippen LogP contribution in [0.5, 0.6) is 0 Å². The zero-order chi connectivity index (χ0) is 18.8. The van der Waals surface area contributed by atoms with Gasteiger partial charge in [0.05, 0.1) is 16.5 Å². The molecule has 0 saturated carbocycles. The predicted molar refractivity (Wildman–Crippen MR) is 102 cm³/mol. The van der Waals surface area contributed by atoms with Gasteiger partial charge in [0, 0.05) is 17.4 Å². The first-order valence-electron chi connectivity index (χ1n) is 8.15. The first-order valence-corrected chi connectivity index (χ1v) is 8.15. The van der Waals surface area contributed by atoms with Crippen LogP contribution in [0.1, 0.15) is 27.7 Å². The Balaban J connectivity index is 0.00000150. The third-order valence-electron chi connectivity index (χ3n) is 4.12. The molecule has 0 unspecified atom stereocenters. The summed E-state index contributed by atoms with van der Waals surface area (Å²) in [7, 11) is 0. The number of aromatic carboxylic acids is 1. The Bertz CT molecular complexity index is 1160. The summed E-state index contributed by atoms with van der Waals surface area (Å²) in [4.78, 5) is 35.5. The van der Waals surface area contributed by atoms with Crippen LogP contribution >= 0.6 is 0 Å². The van der Waals surface area contributed by atoms with E-state index < -0.39 is 5.97 Å². The third kappa shape index (κ3) is 3.67. The van der Waals surface area contributed by atoms with Crippen molar-refractivity contribution < 1.29 is 35.0 Å². The number of carbonyl (C=O) groups is 2. The van der Waals surface area contributed by atoms with E-state index in [4.69, 9.17) is 5.11 Å². The first kappa shape index (κ1) is 19.4. The number of benzene rings is 2. The second-order valence-corrected chi connectivity index (χ2v) is 5.85. The number of nitrogens with zero attached hydrogens (tertiary/aromatic N) is 2. The number of carbonyl (C=O) groups excluding carboxylic acids is 1. The van der Waals surface area contributed by atoms with Crippen LogP contribution in [0.2, 0.25) is 0 Å². The van der Waals surface area contributed by atoms with Crippen molar-refractivity contribution >= 4 is 34.3 Å². The molecule has 0 spiro atoms. The minimum Gasteiger partial charge on any atom is -1.00 e. The first-order chi connectivity index (χ1) is 13.1. The molecule has 28 heavy (non-hydrogen) atoms. The predicted octanol–water partition coefficient (Wildman–Crippen LogP) is 0.747. The molecule has 4 aromatic rings. The third-order valence-corrected chi connectivity index (χ3v) is 4.12. The molecule has 7 nitrogen and oxygen atoms in total. The van der Waals surface area contributed by atoms with Gasteiger partial charge in [-0.25, -0.2) is 14.8 Å². The topological polar surface area (TPSA) is 108 Å². The number of carboxylic acid groups (broad SMARTS) is 1. The Morgan fingerprint density at radius 2 is 1.75 bits per heavy atom. The monoisotopic (exact) mass is 366 g/mol. The molecule has 0 bridgehead atoms. The molecule has 0 aliphatic carbocycles. The van der Waals surface area contributed by atoms with Crippen LogP contribution < -0.4 is 24.2 Å². The SMILES string of the molecule is O=C(O)c1cccc(Nc2ncnc3[nH]cc(C(=O)c4ccccc4)c23)c1.[H-].[Li+]. The zero-order valence-electron chi connectivity index (χ0n) is 16.0. The fourth-order valence-corrected chi connectivity index (χ4v) is 2.85. The van der Waals surface area contributed by atoms with Crippen LogP contribution in [0.3, 0.4) is 0 Å². The summed E-state index contributed by atoms with van der Waals surface area (Å²) in [5, 5.41) is 12.8. The largest absolute Gasteiger partial charge is 1.00 e. The van der Waals surface area contributed by atoms with Gasteiger partial charge < -0.3 is 16.8 Å². The molecule has 134 valence electrons. The summed E-state index contributed by atoms with van der Waals surface area (Å²) < 4.78 is 0. The van der Waals surface area contributed by atoms with Crippen molar-refractivity contribution in [3.8, 4) is 0 Å². The van der Waals surface area contributed by atoms with E-state index >= 15 is 0 Å². The molecule has 4 rings (SSSR count). The summed E-state index contributed by atoms with van der Waals surface area (Å²) in [5.74, 6) is -0.755. The van der Waals surface area contributed by atoms with Crippen LogP contribution in [0.15, 0.2) is 67.1 Å². The van der Waals surface area contributed by atoms with E-state index in [-0.39, 0.29) is 31.6 Å². The maximum Gasteiger partial charge on any atom is 1.00 e. The van der Waals surface area contributed by atoms with Crippen molar-refractivity contribution in [1.82, 2.24) is 15.0 Å². The van der Waals surface area contributed by atoms with Crippen LogP contribution in [0, 0.1) is 0 Å². The van der Waals surface area contributed by atoms with Crippen LogP contribution in [-0.4, -0.2) is 31.8 Å².